The van der Waals surface area contributed by atoms with E-state index in [1.807, 2.05) is 67.6 Å². The third kappa shape index (κ3) is 2.53. The summed E-state index contributed by atoms with van der Waals surface area (Å²) in [6.45, 7) is 1.84. The molecule has 0 fully saturated rings. The molecule has 6 heteroatoms. The van der Waals surface area contributed by atoms with Crippen molar-refractivity contribution < 1.29 is 4.79 Å². The van der Waals surface area contributed by atoms with Crippen molar-refractivity contribution in [3.63, 3.8) is 0 Å². The van der Waals surface area contributed by atoms with Gasteiger partial charge in [-0.25, -0.2) is 14.6 Å². The Morgan fingerprint density at radius 3 is 2.24 bits per heavy atom. The SMILES string of the molecule is Cc1nn(-c2ccccc2)c2nc(-c3ccccc3)c(C(N)=O)nc12. The molecule has 0 aliphatic rings. The number of para-hydroxylation sites is 1. The van der Waals surface area contributed by atoms with Crippen molar-refractivity contribution in [3.05, 3.63) is 72.1 Å². The van der Waals surface area contributed by atoms with Crippen LogP contribution >= 0.6 is 0 Å². The number of aromatic nitrogens is 4. The number of hydrogen-bond acceptors (Lipinski definition) is 4. The molecule has 0 atom stereocenters. The molecule has 0 spiro atoms. The maximum absolute atomic E-state index is 11.9. The molecule has 0 radical (unpaired) electrons. The molecule has 0 aliphatic carbocycles. The van der Waals surface area contributed by atoms with Gasteiger partial charge in [0.25, 0.3) is 5.91 Å². The summed E-state index contributed by atoms with van der Waals surface area (Å²) >= 11 is 0. The number of benzene rings is 2. The first-order valence-electron chi connectivity index (χ1n) is 7.83. The molecule has 0 unspecified atom stereocenters. The Bertz CT molecular complexity index is 1070. The second-order valence-electron chi connectivity index (χ2n) is 5.66. The van der Waals surface area contributed by atoms with Crippen molar-refractivity contribution in [3.8, 4) is 16.9 Å². The molecule has 6 nitrogen and oxygen atoms in total. The van der Waals surface area contributed by atoms with Gasteiger partial charge in [0.05, 0.1) is 11.4 Å². The minimum Gasteiger partial charge on any atom is -0.364 e. The average Bonchev–Trinajstić information content (AvgIpc) is 2.98. The van der Waals surface area contributed by atoms with Gasteiger partial charge >= 0.3 is 0 Å². The third-order valence-corrected chi connectivity index (χ3v) is 3.95. The molecule has 2 aromatic carbocycles. The number of rotatable bonds is 3. The van der Waals surface area contributed by atoms with Crippen LogP contribution in [0.3, 0.4) is 0 Å². The van der Waals surface area contributed by atoms with Crippen molar-refractivity contribution in [1.29, 1.82) is 0 Å². The van der Waals surface area contributed by atoms with Crippen LogP contribution < -0.4 is 5.73 Å². The standard InChI is InChI=1S/C19H15N5O/c1-12-15-19(24(23-12)14-10-6-3-7-11-14)22-16(17(21-15)18(20)25)13-8-4-2-5-9-13/h2-11H,1H3,(H2,20,25). The first kappa shape index (κ1) is 15.0. The minimum absolute atomic E-state index is 0.148. The highest BCUT2D eigenvalue weighted by Crippen LogP contribution is 2.26. The van der Waals surface area contributed by atoms with E-state index in [0.29, 0.717) is 22.6 Å². The summed E-state index contributed by atoms with van der Waals surface area (Å²) in [4.78, 5) is 21.1. The molecule has 2 aromatic heterocycles. The van der Waals surface area contributed by atoms with E-state index in [4.69, 9.17) is 10.7 Å². The van der Waals surface area contributed by atoms with E-state index in [2.05, 4.69) is 10.1 Å². The molecule has 25 heavy (non-hydrogen) atoms. The fourth-order valence-corrected chi connectivity index (χ4v) is 2.78. The molecule has 0 aliphatic heterocycles. The van der Waals surface area contributed by atoms with Crippen molar-refractivity contribution in [2.45, 2.75) is 6.92 Å². The highest BCUT2D eigenvalue weighted by molar-refractivity contribution is 5.99. The van der Waals surface area contributed by atoms with E-state index in [1.54, 1.807) is 4.68 Å². The second-order valence-corrected chi connectivity index (χ2v) is 5.66. The number of carbonyl (C=O) groups excluding carboxylic acids is 1. The van der Waals surface area contributed by atoms with Crippen molar-refractivity contribution in [2.24, 2.45) is 5.73 Å². The number of nitrogens with two attached hydrogens (primary N) is 1. The monoisotopic (exact) mass is 329 g/mol. The van der Waals surface area contributed by atoms with Gasteiger partial charge in [-0.15, -0.1) is 0 Å². The molecule has 0 saturated carbocycles. The van der Waals surface area contributed by atoms with Gasteiger partial charge in [0.15, 0.2) is 11.3 Å². The van der Waals surface area contributed by atoms with Crippen molar-refractivity contribution in [2.75, 3.05) is 0 Å². The predicted octanol–water partition coefficient (Wildman–Crippen LogP) is 2.89. The largest absolute Gasteiger partial charge is 0.364 e. The Balaban J connectivity index is 2.05. The van der Waals surface area contributed by atoms with E-state index >= 15 is 0 Å². The zero-order valence-electron chi connectivity index (χ0n) is 13.5. The fourth-order valence-electron chi connectivity index (χ4n) is 2.78. The zero-order valence-corrected chi connectivity index (χ0v) is 13.5. The Morgan fingerprint density at radius 2 is 1.60 bits per heavy atom. The van der Waals surface area contributed by atoms with Crippen molar-refractivity contribution in [1.82, 2.24) is 19.7 Å². The summed E-state index contributed by atoms with van der Waals surface area (Å²) in [6.07, 6.45) is 0. The topological polar surface area (TPSA) is 86.7 Å². The third-order valence-electron chi connectivity index (χ3n) is 3.95. The predicted molar refractivity (Wildman–Crippen MR) is 95.4 cm³/mol. The minimum atomic E-state index is -0.611. The Labute approximate surface area is 144 Å². The summed E-state index contributed by atoms with van der Waals surface area (Å²) in [6, 6.07) is 19.1. The van der Waals surface area contributed by atoms with Crippen molar-refractivity contribution >= 4 is 17.1 Å². The molecule has 2 heterocycles. The van der Waals surface area contributed by atoms with Crippen LogP contribution in [0.4, 0.5) is 0 Å². The van der Waals surface area contributed by atoms with Gasteiger partial charge in [-0.2, -0.15) is 5.10 Å². The van der Waals surface area contributed by atoms with Gasteiger partial charge in [-0.3, -0.25) is 4.79 Å². The summed E-state index contributed by atoms with van der Waals surface area (Å²) in [7, 11) is 0. The summed E-state index contributed by atoms with van der Waals surface area (Å²) in [5, 5.41) is 4.53. The van der Waals surface area contributed by atoms with Crippen LogP contribution in [0, 0.1) is 6.92 Å². The highest BCUT2D eigenvalue weighted by Gasteiger charge is 2.20. The van der Waals surface area contributed by atoms with Crippen LogP contribution in [0.2, 0.25) is 0 Å². The lowest BCUT2D eigenvalue weighted by Gasteiger charge is -2.07. The van der Waals surface area contributed by atoms with E-state index < -0.39 is 5.91 Å². The van der Waals surface area contributed by atoms with E-state index in [0.717, 1.165) is 11.3 Å². The summed E-state index contributed by atoms with van der Waals surface area (Å²) < 4.78 is 1.73. The summed E-state index contributed by atoms with van der Waals surface area (Å²) in [5.41, 5.74) is 9.65. The first-order valence-corrected chi connectivity index (χ1v) is 7.83. The van der Waals surface area contributed by atoms with E-state index in [1.165, 1.54) is 0 Å². The molecular weight excluding hydrogens is 314 g/mol. The molecule has 0 saturated heterocycles. The average molecular weight is 329 g/mol. The lowest BCUT2D eigenvalue weighted by Crippen LogP contribution is -2.16. The number of fused-ring (bicyclic) bond motifs is 1. The molecule has 2 N–H and O–H groups in total. The van der Waals surface area contributed by atoms with Gasteiger partial charge in [0, 0.05) is 5.56 Å². The summed E-state index contributed by atoms with van der Waals surface area (Å²) in [5.74, 6) is -0.611. The molecule has 4 aromatic rings. The van der Waals surface area contributed by atoms with Crippen LogP contribution in [0.5, 0.6) is 0 Å². The smallest absolute Gasteiger partial charge is 0.269 e. The molecule has 0 bridgehead atoms. The number of aryl methyl sites for hydroxylation is 1. The number of primary amides is 1. The van der Waals surface area contributed by atoms with Crippen LogP contribution in [0.15, 0.2) is 60.7 Å². The van der Waals surface area contributed by atoms with Crippen LogP contribution in [0.1, 0.15) is 16.2 Å². The van der Waals surface area contributed by atoms with E-state index in [9.17, 15) is 4.79 Å². The van der Waals surface area contributed by atoms with Crippen LogP contribution in [-0.4, -0.2) is 25.7 Å². The lowest BCUT2D eigenvalue weighted by atomic mass is 10.1. The lowest BCUT2D eigenvalue weighted by molar-refractivity contribution is 0.0996. The highest BCUT2D eigenvalue weighted by atomic mass is 16.1. The quantitative estimate of drug-likeness (QED) is 0.626. The van der Waals surface area contributed by atoms with Gasteiger partial charge in [0.2, 0.25) is 0 Å². The molecule has 1 amide bonds. The molecular formula is C19H15N5O. The number of hydrogen-bond donors (Lipinski definition) is 1. The Kier molecular flexibility index (Phi) is 3.50. The molecule has 122 valence electrons. The number of nitrogens with zero attached hydrogens (tertiary/aromatic N) is 4. The Morgan fingerprint density at radius 1 is 0.960 bits per heavy atom. The molecule has 4 rings (SSSR count). The van der Waals surface area contributed by atoms with Gasteiger partial charge in [0.1, 0.15) is 11.2 Å². The van der Waals surface area contributed by atoms with Gasteiger partial charge in [-0.05, 0) is 19.1 Å². The maximum Gasteiger partial charge on any atom is 0.269 e. The first-order chi connectivity index (χ1) is 12.1. The van der Waals surface area contributed by atoms with Gasteiger partial charge in [-0.1, -0.05) is 48.5 Å². The van der Waals surface area contributed by atoms with Crippen LogP contribution in [0.25, 0.3) is 28.1 Å². The number of amides is 1. The van der Waals surface area contributed by atoms with Gasteiger partial charge < -0.3 is 5.73 Å². The fraction of sp³-hybridized carbons (Fsp3) is 0.0526. The normalized spacial score (nSPS) is 10.9. The van der Waals surface area contributed by atoms with Crippen LogP contribution in [-0.2, 0) is 0 Å². The Hall–Kier alpha value is -3.54. The number of carbonyl (C=O) groups is 1. The maximum atomic E-state index is 11.9. The van der Waals surface area contributed by atoms with E-state index in [-0.39, 0.29) is 5.69 Å². The zero-order chi connectivity index (χ0) is 17.4. The second kappa shape index (κ2) is 5.83.